The Morgan fingerprint density at radius 2 is 1.90 bits per heavy atom. The van der Waals surface area contributed by atoms with Gasteiger partial charge in [-0.1, -0.05) is 36.4 Å². The monoisotopic (exact) mass is 414 g/mol. The fraction of sp³-hybridized carbons (Fsp3) is 0.130. The lowest BCUT2D eigenvalue weighted by atomic mass is 10.0. The molecule has 7 nitrogen and oxygen atoms in total. The molecule has 0 saturated heterocycles. The minimum atomic E-state index is -0.871. The van der Waals surface area contributed by atoms with Crippen molar-refractivity contribution in [1.82, 2.24) is 24.5 Å². The number of benzene rings is 2. The number of H-pyrrole nitrogens is 1. The number of hydrogen-bond donors (Lipinski definition) is 2. The number of para-hydroxylation sites is 1. The molecule has 5 rings (SSSR count). The molecule has 0 radical (unpaired) electrons. The van der Waals surface area contributed by atoms with Crippen molar-refractivity contribution in [2.75, 3.05) is 5.32 Å². The van der Waals surface area contributed by atoms with Crippen LogP contribution < -0.4 is 10.9 Å². The highest BCUT2D eigenvalue weighted by Gasteiger charge is 2.19. The first-order chi connectivity index (χ1) is 15.0. The smallest absolute Gasteiger partial charge is 0.312 e. The maximum atomic E-state index is 13.9. The van der Waals surface area contributed by atoms with Gasteiger partial charge in [0.25, 0.3) is 5.56 Å². The minimum Gasteiger partial charge on any atom is -0.360 e. The Balaban J connectivity index is 1.71. The molecule has 2 aromatic carbocycles. The predicted octanol–water partition coefficient (Wildman–Crippen LogP) is 4.28. The predicted molar refractivity (Wildman–Crippen MR) is 118 cm³/mol. The number of aromatic amines is 1. The van der Waals surface area contributed by atoms with E-state index in [4.69, 9.17) is 0 Å². The summed E-state index contributed by atoms with van der Waals surface area (Å²) >= 11 is 0. The summed E-state index contributed by atoms with van der Waals surface area (Å²) in [6, 6.07) is 16.8. The van der Waals surface area contributed by atoms with Crippen molar-refractivity contribution in [1.29, 1.82) is 0 Å². The molecule has 0 aliphatic rings. The van der Waals surface area contributed by atoms with E-state index in [0.717, 1.165) is 22.3 Å². The van der Waals surface area contributed by atoms with Gasteiger partial charge in [-0.05, 0) is 43.0 Å². The van der Waals surface area contributed by atoms with Gasteiger partial charge in [-0.25, -0.2) is 4.98 Å². The lowest BCUT2D eigenvalue weighted by Gasteiger charge is -2.22. The molecule has 0 aliphatic carbocycles. The molecule has 0 aliphatic heterocycles. The number of nitrogens with zero attached hydrogens (tertiary/aromatic N) is 4. The molecular formula is C23H19FN6O. The van der Waals surface area contributed by atoms with Crippen LogP contribution in [-0.4, -0.2) is 24.5 Å². The third-order valence-electron chi connectivity index (χ3n) is 5.35. The Morgan fingerprint density at radius 3 is 2.71 bits per heavy atom. The van der Waals surface area contributed by atoms with Crippen LogP contribution in [0.5, 0.6) is 0 Å². The number of nitrogens with one attached hydrogen (secondary N) is 2. The van der Waals surface area contributed by atoms with Crippen molar-refractivity contribution in [3.63, 3.8) is 0 Å². The zero-order chi connectivity index (χ0) is 21.5. The second kappa shape index (κ2) is 7.32. The fourth-order valence-electron chi connectivity index (χ4n) is 3.91. The van der Waals surface area contributed by atoms with E-state index in [2.05, 4.69) is 25.3 Å². The van der Waals surface area contributed by atoms with Crippen LogP contribution in [0.2, 0.25) is 0 Å². The summed E-state index contributed by atoms with van der Waals surface area (Å²) < 4.78 is 15.6. The molecule has 0 bridgehead atoms. The fourth-order valence-corrected chi connectivity index (χ4v) is 3.91. The molecule has 2 N–H and O–H groups in total. The zero-order valence-electron chi connectivity index (χ0n) is 16.9. The van der Waals surface area contributed by atoms with Gasteiger partial charge in [0.05, 0.1) is 17.8 Å². The van der Waals surface area contributed by atoms with E-state index < -0.39 is 6.08 Å². The van der Waals surface area contributed by atoms with E-state index in [1.54, 1.807) is 4.57 Å². The first-order valence-electron chi connectivity index (χ1n) is 9.87. The number of anilines is 1. The maximum Gasteiger partial charge on any atom is 0.312 e. The van der Waals surface area contributed by atoms with Crippen LogP contribution in [0.3, 0.4) is 0 Å². The molecule has 0 fully saturated rings. The van der Waals surface area contributed by atoms with Gasteiger partial charge >= 0.3 is 6.08 Å². The van der Waals surface area contributed by atoms with Gasteiger partial charge in [0.1, 0.15) is 5.52 Å². The molecule has 0 unspecified atom stereocenters. The zero-order valence-corrected chi connectivity index (χ0v) is 16.9. The number of pyridine rings is 1. The molecular weight excluding hydrogens is 395 g/mol. The van der Waals surface area contributed by atoms with Crippen molar-refractivity contribution < 1.29 is 4.39 Å². The molecule has 154 valence electrons. The average Bonchev–Trinajstić information content (AvgIpc) is 3.22. The molecule has 8 heteroatoms. The van der Waals surface area contributed by atoms with Crippen molar-refractivity contribution >= 4 is 27.8 Å². The van der Waals surface area contributed by atoms with E-state index in [1.807, 2.05) is 68.4 Å². The summed E-state index contributed by atoms with van der Waals surface area (Å²) in [7, 11) is 0. The first kappa shape index (κ1) is 18.9. The normalized spacial score (nSPS) is 12.4. The van der Waals surface area contributed by atoms with E-state index >= 15 is 0 Å². The van der Waals surface area contributed by atoms with Crippen LogP contribution in [0.25, 0.3) is 27.6 Å². The van der Waals surface area contributed by atoms with Gasteiger partial charge in [-0.2, -0.15) is 14.4 Å². The second-order valence-corrected chi connectivity index (χ2v) is 7.39. The van der Waals surface area contributed by atoms with Crippen molar-refractivity contribution in [3.8, 4) is 5.69 Å². The van der Waals surface area contributed by atoms with Crippen molar-refractivity contribution in [3.05, 3.63) is 88.6 Å². The molecule has 0 saturated carbocycles. The number of rotatable bonds is 4. The van der Waals surface area contributed by atoms with Gasteiger partial charge < -0.3 is 10.3 Å². The summed E-state index contributed by atoms with van der Waals surface area (Å²) in [6.07, 6.45) is 0.566. The highest BCUT2D eigenvalue weighted by atomic mass is 19.1. The number of aryl methyl sites for hydroxylation is 1. The minimum absolute atomic E-state index is 0.106. The van der Waals surface area contributed by atoms with E-state index in [9.17, 15) is 9.18 Å². The highest BCUT2D eigenvalue weighted by Crippen LogP contribution is 2.26. The molecule has 5 aromatic rings. The van der Waals surface area contributed by atoms with E-state index in [1.165, 1.54) is 6.33 Å². The summed E-state index contributed by atoms with van der Waals surface area (Å²) in [6.45, 7) is 3.83. The molecule has 3 heterocycles. The van der Waals surface area contributed by atoms with Gasteiger partial charge in [0, 0.05) is 11.4 Å². The Hall–Kier alpha value is -4.07. The lowest BCUT2D eigenvalue weighted by molar-refractivity contribution is 0.544. The number of imidazole rings is 1. The SMILES string of the molecule is Cc1cccc2cc([C@H](C)Nc3nc(F)nc4nc[nH]c34)n(-c3ccccc3)c(=O)c12. The molecule has 3 aromatic heterocycles. The summed E-state index contributed by atoms with van der Waals surface area (Å²) in [4.78, 5) is 28.1. The Bertz CT molecular complexity index is 1470. The van der Waals surface area contributed by atoms with Gasteiger partial charge in [-0.15, -0.1) is 0 Å². The van der Waals surface area contributed by atoms with Crippen LogP contribution in [0.15, 0.2) is 65.7 Å². The van der Waals surface area contributed by atoms with Crippen LogP contribution in [0.4, 0.5) is 10.2 Å². The van der Waals surface area contributed by atoms with Gasteiger partial charge in [0.15, 0.2) is 11.5 Å². The third-order valence-corrected chi connectivity index (χ3v) is 5.35. The first-order valence-corrected chi connectivity index (χ1v) is 9.87. The second-order valence-electron chi connectivity index (χ2n) is 7.39. The topological polar surface area (TPSA) is 88.5 Å². The molecule has 31 heavy (non-hydrogen) atoms. The van der Waals surface area contributed by atoms with Crippen molar-refractivity contribution in [2.45, 2.75) is 19.9 Å². The van der Waals surface area contributed by atoms with Gasteiger partial charge in [-0.3, -0.25) is 9.36 Å². The summed E-state index contributed by atoms with van der Waals surface area (Å²) in [5.74, 6) is 0.281. The maximum absolute atomic E-state index is 13.9. The van der Waals surface area contributed by atoms with Crippen LogP contribution in [-0.2, 0) is 0 Å². The average molecular weight is 414 g/mol. The Morgan fingerprint density at radius 1 is 1.10 bits per heavy atom. The quantitative estimate of drug-likeness (QED) is 0.429. The van der Waals surface area contributed by atoms with Crippen molar-refractivity contribution in [2.24, 2.45) is 0 Å². The molecule has 0 amide bonds. The molecule has 0 spiro atoms. The summed E-state index contributed by atoms with van der Waals surface area (Å²) in [5, 5.41) is 4.74. The highest BCUT2D eigenvalue weighted by molar-refractivity contribution is 5.86. The molecule has 1 atom stereocenters. The standard InChI is InChI=1S/C23H19FN6O/c1-13-7-6-8-15-11-17(30(22(31)18(13)15)16-9-4-3-5-10-16)14(2)27-21-19-20(26-12-25-19)28-23(24)29-21/h3-12,14H,1-2H3,(H2,25,26,27,28,29)/t14-/m0/s1. The number of halogens is 1. The van der Waals surface area contributed by atoms with Gasteiger partial charge in [0.2, 0.25) is 0 Å². The Kier molecular flexibility index (Phi) is 4.47. The third kappa shape index (κ3) is 3.22. The number of aromatic nitrogens is 5. The number of hydrogen-bond acceptors (Lipinski definition) is 5. The number of fused-ring (bicyclic) bond motifs is 2. The van der Waals surface area contributed by atoms with Crippen LogP contribution in [0.1, 0.15) is 24.2 Å². The van der Waals surface area contributed by atoms with E-state index in [-0.39, 0.29) is 23.1 Å². The van der Waals surface area contributed by atoms with E-state index in [0.29, 0.717) is 10.9 Å². The lowest BCUT2D eigenvalue weighted by Crippen LogP contribution is -2.26. The van der Waals surface area contributed by atoms with Crippen LogP contribution in [0, 0.1) is 13.0 Å². The Labute approximate surface area is 176 Å². The largest absolute Gasteiger partial charge is 0.360 e. The summed E-state index contributed by atoms with van der Waals surface area (Å²) in [5.41, 5.74) is 3.01. The van der Waals surface area contributed by atoms with Crippen LogP contribution >= 0.6 is 0 Å².